The molecule has 0 unspecified atom stereocenters. The second kappa shape index (κ2) is 11.0. The van der Waals surface area contributed by atoms with Gasteiger partial charge >= 0.3 is 5.97 Å². The van der Waals surface area contributed by atoms with E-state index in [0.29, 0.717) is 6.42 Å². The molecule has 0 fully saturated rings. The maximum absolute atomic E-state index is 9.60. The normalized spacial score (nSPS) is 11.2. The number of benzene rings is 2. The van der Waals surface area contributed by atoms with Crippen LogP contribution in [0.3, 0.4) is 0 Å². The molecule has 0 radical (unpaired) electrons. The van der Waals surface area contributed by atoms with Gasteiger partial charge in [-0.1, -0.05) is 45.0 Å². The third-order valence-electron chi connectivity index (χ3n) is 3.97. The van der Waals surface area contributed by atoms with Crippen molar-refractivity contribution in [1.29, 1.82) is 0 Å². The van der Waals surface area contributed by atoms with E-state index in [1.54, 1.807) is 24.3 Å². The number of allylic oxidation sites excluding steroid dienone is 2. The summed E-state index contributed by atoms with van der Waals surface area (Å²) in [4.78, 5) is 9.60. The van der Waals surface area contributed by atoms with Crippen LogP contribution in [0.25, 0.3) is 11.1 Å². The molecule has 0 heterocycles. The van der Waals surface area contributed by atoms with E-state index in [1.807, 2.05) is 31.2 Å². The fraction of sp³-hybridized carbons (Fsp3) is 0.318. The minimum Gasteiger partial charge on any atom is -0.508 e. The molecular weight excluding hydrogens is 328 g/mol. The van der Waals surface area contributed by atoms with Crippen molar-refractivity contribution in [3.05, 3.63) is 59.7 Å². The molecule has 3 N–H and O–H groups in total. The van der Waals surface area contributed by atoms with Crippen molar-refractivity contribution in [1.82, 2.24) is 0 Å². The van der Waals surface area contributed by atoms with E-state index in [0.717, 1.165) is 30.4 Å². The average Bonchev–Trinajstić information content (AvgIpc) is 2.62. The molecule has 0 amide bonds. The quantitative estimate of drug-likeness (QED) is 0.580. The number of hydrogen-bond donors (Lipinski definition) is 3. The molecule has 2 aromatic rings. The third-order valence-corrected chi connectivity index (χ3v) is 3.97. The summed E-state index contributed by atoms with van der Waals surface area (Å²) in [5.41, 5.74) is 4.82. The summed E-state index contributed by atoms with van der Waals surface area (Å²) < 4.78 is 0. The summed E-state index contributed by atoms with van der Waals surface area (Å²) in [5, 5.41) is 26.7. The van der Waals surface area contributed by atoms with Crippen molar-refractivity contribution in [3.63, 3.8) is 0 Å². The molecule has 0 saturated heterocycles. The predicted molar refractivity (Wildman–Crippen MR) is 106 cm³/mol. The minimum atomic E-state index is -0.711. The highest BCUT2D eigenvalue weighted by molar-refractivity contribution is 5.90. The molecule has 0 aliphatic heterocycles. The molecule has 0 aliphatic rings. The van der Waals surface area contributed by atoms with Crippen molar-refractivity contribution >= 4 is 17.1 Å². The highest BCUT2D eigenvalue weighted by atomic mass is 16.4. The summed E-state index contributed by atoms with van der Waals surface area (Å²) in [7, 11) is 0. The molecule has 0 saturated carbocycles. The Balaban J connectivity index is 0.000000487. The van der Waals surface area contributed by atoms with Crippen molar-refractivity contribution in [2.75, 3.05) is 0 Å². The van der Waals surface area contributed by atoms with Crippen LogP contribution >= 0.6 is 0 Å². The highest BCUT2D eigenvalue weighted by Crippen LogP contribution is 2.32. The van der Waals surface area contributed by atoms with Gasteiger partial charge in [-0.15, -0.1) is 0 Å². The molecular formula is C22H28O4. The van der Waals surface area contributed by atoms with Crippen molar-refractivity contribution < 1.29 is 20.1 Å². The van der Waals surface area contributed by atoms with Gasteiger partial charge in [0.05, 0.1) is 0 Å². The number of aromatic hydroxyl groups is 2. The van der Waals surface area contributed by atoms with Crippen molar-refractivity contribution in [2.24, 2.45) is 0 Å². The van der Waals surface area contributed by atoms with Gasteiger partial charge in [-0.05, 0) is 65.8 Å². The molecule has 0 bridgehead atoms. The van der Waals surface area contributed by atoms with E-state index in [9.17, 15) is 15.0 Å². The van der Waals surface area contributed by atoms with E-state index in [1.165, 1.54) is 11.1 Å². The van der Waals surface area contributed by atoms with Gasteiger partial charge in [0.15, 0.2) is 0 Å². The SMILES string of the molecule is CC/C(=C(/CC)c1ccc(O)cc1)c1ccc(O)cc1.CCCC(=O)O. The topological polar surface area (TPSA) is 77.8 Å². The zero-order valence-electron chi connectivity index (χ0n) is 15.7. The number of phenolic OH excluding ortho intramolecular Hbond substituents is 2. The number of hydrogen-bond acceptors (Lipinski definition) is 3. The van der Waals surface area contributed by atoms with E-state index in [-0.39, 0.29) is 11.5 Å². The van der Waals surface area contributed by atoms with E-state index >= 15 is 0 Å². The van der Waals surface area contributed by atoms with Crippen LogP contribution in [0.2, 0.25) is 0 Å². The molecule has 2 rings (SSSR count). The predicted octanol–water partition coefficient (Wildman–Crippen LogP) is 5.70. The third kappa shape index (κ3) is 6.63. The molecule has 26 heavy (non-hydrogen) atoms. The minimum absolute atomic E-state index is 0.284. The first-order valence-corrected chi connectivity index (χ1v) is 8.95. The standard InChI is InChI=1S/C18H20O2.C4H8O2/c1-3-17(13-5-9-15(19)10-6-13)18(4-2)14-7-11-16(20)12-8-14;1-2-3-4(5)6/h5-12,19-20H,3-4H2,1-2H3;2-3H2,1H3,(H,5,6)/b18-17+;. The summed E-state index contributed by atoms with van der Waals surface area (Å²) in [6.45, 7) is 6.12. The Labute approximate surface area is 155 Å². The van der Waals surface area contributed by atoms with E-state index < -0.39 is 5.97 Å². The summed E-state index contributed by atoms with van der Waals surface area (Å²) in [6, 6.07) is 14.7. The molecule has 0 spiro atoms. The number of carbonyl (C=O) groups is 1. The van der Waals surface area contributed by atoms with Crippen LogP contribution < -0.4 is 0 Å². The highest BCUT2D eigenvalue weighted by Gasteiger charge is 2.09. The smallest absolute Gasteiger partial charge is 0.303 e. The first-order chi connectivity index (χ1) is 12.4. The van der Waals surface area contributed by atoms with Crippen LogP contribution in [0.5, 0.6) is 11.5 Å². The van der Waals surface area contributed by atoms with Crippen LogP contribution in [0.15, 0.2) is 48.5 Å². The van der Waals surface area contributed by atoms with Gasteiger partial charge in [-0.2, -0.15) is 0 Å². The van der Waals surface area contributed by atoms with Crippen LogP contribution in [-0.2, 0) is 4.79 Å². The number of aliphatic carboxylic acids is 1. The fourth-order valence-corrected chi connectivity index (χ4v) is 2.72. The van der Waals surface area contributed by atoms with E-state index in [4.69, 9.17) is 5.11 Å². The first kappa shape index (κ1) is 21.3. The summed E-state index contributed by atoms with van der Waals surface area (Å²) in [5.74, 6) is -0.142. The van der Waals surface area contributed by atoms with Crippen LogP contribution in [-0.4, -0.2) is 21.3 Å². The molecule has 140 valence electrons. The zero-order chi connectivity index (χ0) is 19.5. The maximum Gasteiger partial charge on any atom is 0.303 e. The second-order valence-electron chi connectivity index (χ2n) is 5.90. The van der Waals surface area contributed by atoms with Gasteiger partial charge < -0.3 is 15.3 Å². The molecule has 2 aromatic carbocycles. The molecule has 0 aliphatic carbocycles. The first-order valence-electron chi connectivity index (χ1n) is 8.95. The van der Waals surface area contributed by atoms with Gasteiger partial charge in [0, 0.05) is 6.42 Å². The van der Waals surface area contributed by atoms with Crippen LogP contribution in [0.4, 0.5) is 0 Å². The Morgan fingerprint density at radius 3 is 1.27 bits per heavy atom. The number of rotatable bonds is 6. The average molecular weight is 356 g/mol. The Morgan fingerprint density at radius 1 is 0.731 bits per heavy atom. The zero-order valence-corrected chi connectivity index (χ0v) is 15.7. The monoisotopic (exact) mass is 356 g/mol. The summed E-state index contributed by atoms with van der Waals surface area (Å²) >= 11 is 0. The lowest BCUT2D eigenvalue weighted by molar-refractivity contribution is -0.137. The summed E-state index contributed by atoms with van der Waals surface area (Å²) in [6.07, 6.45) is 2.87. The number of carboxylic acid groups (broad SMARTS) is 1. The fourth-order valence-electron chi connectivity index (χ4n) is 2.72. The van der Waals surface area contributed by atoms with Gasteiger partial charge in [-0.25, -0.2) is 0 Å². The van der Waals surface area contributed by atoms with Gasteiger partial charge in [0.25, 0.3) is 0 Å². The molecule has 0 atom stereocenters. The van der Waals surface area contributed by atoms with Gasteiger partial charge in [0.2, 0.25) is 0 Å². The lowest BCUT2D eigenvalue weighted by Gasteiger charge is -2.14. The lowest BCUT2D eigenvalue weighted by atomic mass is 9.91. The van der Waals surface area contributed by atoms with Crippen LogP contribution in [0, 0.1) is 0 Å². The lowest BCUT2D eigenvalue weighted by Crippen LogP contribution is -1.91. The van der Waals surface area contributed by atoms with Gasteiger partial charge in [0.1, 0.15) is 11.5 Å². The Kier molecular flexibility index (Phi) is 8.99. The Morgan fingerprint density at radius 2 is 1.08 bits per heavy atom. The maximum atomic E-state index is 9.60. The van der Waals surface area contributed by atoms with E-state index in [2.05, 4.69) is 13.8 Å². The second-order valence-corrected chi connectivity index (χ2v) is 5.90. The Hall–Kier alpha value is -2.75. The van der Waals surface area contributed by atoms with Gasteiger partial charge in [-0.3, -0.25) is 4.79 Å². The number of carboxylic acids is 1. The molecule has 4 nitrogen and oxygen atoms in total. The number of phenols is 2. The molecule has 4 heteroatoms. The van der Waals surface area contributed by atoms with Crippen molar-refractivity contribution in [2.45, 2.75) is 46.5 Å². The van der Waals surface area contributed by atoms with Crippen molar-refractivity contribution in [3.8, 4) is 11.5 Å². The molecule has 0 aromatic heterocycles. The largest absolute Gasteiger partial charge is 0.508 e. The Bertz CT molecular complexity index is 657. The van der Waals surface area contributed by atoms with Crippen LogP contribution in [0.1, 0.15) is 57.6 Å².